The van der Waals surface area contributed by atoms with E-state index in [1.807, 2.05) is 0 Å². The van der Waals surface area contributed by atoms with E-state index in [4.69, 9.17) is 4.74 Å². The van der Waals surface area contributed by atoms with Crippen molar-refractivity contribution in [2.45, 2.75) is 37.6 Å². The maximum atomic E-state index is 12.2. The average Bonchev–Trinajstić information content (AvgIpc) is 2.96. The summed E-state index contributed by atoms with van der Waals surface area (Å²) < 4.78 is 4.70. The Morgan fingerprint density at radius 2 is 2.09 bits per heavy atom. The molecule has 0 saturated carbocycles. The first-order valence-corrected chi connectivity index (χ1v) is 8.54. The molecule has 0 spiro atoms. The molecule has 2 aliphatic heterocycles. The van der Waals surface area contributed by atoms with Gasteiger partial charge in [-0.1, -0.05) is 0 Å². The summed E-state index contributed by atoms with van der Waals surface area (Å²) in [5.74, 6) is -0.179. The molecule has 0 radical (unpaired) electrons. The molecule has 0 bridgehead atoms. The lowest BCUT2D eigenvalue weighted by atomic mass is 10.0. The molecule has 0 aromatic rings. The van der Waals surface area contributed by atoms with Crippen molar-refractivity contribution < 1.29 is 19.1 Å². The summed E-state index contributed by atoms with van der Waals surface area (Å²) in [6.45, 7) is 2.72. The second-order valence-electron chi connectivity index (χ2n) is 5.17. The van der Waals surface area contributed by atoms with E-state index in [1.165, 1.54) is 11.8 Å². The largest absolute Gasteiger partial charge is 0.450 e. The van der Waals surface area contributed by atoms with Crippen molar-refractivity contribution in [3.8, 4) is 0 Å². The number of hydrogen-bond acceptors (Lipinski definition) is 7. The van der Waals surface area contributed by atoms with Crippen molar-refractivity contribution in [3.63, 3.8) is 0 Å². The molecule has 0 aromatic heterocycles. The van der Waals surface area contributed by atoms with Gasteiger partial charge in [0.05, 0.1) is 23.9 Å². The minimum atomic E-state index is -0.743. The maximum Gasteiger partial charge on any atom is 0.413 e. The van der Waals surface area contributed by atoms with Crippen molar-refractivity contribution in [1.82, 2.24) is 21.5 Å². The number of carbonyl (C=O) groups excluding carboxylic acids is 3. The normalized spacial score (nSPS) is 28.0. The first-order chi connectivity index (χ1) is 10.6. The van der Waals surface area contributed by atoms with Gasteiger partial charge in [-0.15, -0.1) is 11.8 Å². The van der Waals surface area contributed by atoms with Crippen LogP contribution in [0.4, 0.5) is 4.79 Å². The lowest BCUT2D eigenvalue weighted by Crippen LogP contribution is -2.55. The predicted molar refractivity (Wildman–Crippen MR) is 81.8 cm³/mol. The molecule has 0 aromatic carbocycles. The van der Waals surface area contributed by atoms with Gasteiger partial charge in [0.1, 0.15) is 0 Å². The van der Waals surface area contributed by atoms with Crippen molar-refractivity contribution >= 4 is 29.7 Å². The van der Waals surface area contributed by atoms with Crippen LogP contribution in [0.25, 0.3) is 0 Å². The molecule has 124 valence electrons. The summed E-state index contributed by atoms with van der Waals surface area (Å²) in [6, 6.07) is -0.288. The van der Waals surface area contributed by atoms with E-state index in [0.29, 0.717) is 6.42 Å². The lowest BCUT2D eigenvalue weighted by Gasteiger charge is -2.26. The van der Waals surface area contributed by atoms with Crippen LogP contribution in [0.15, 0.2) is 0 Å². The summed E-state index contributed by atoms with van der Waals surface area (Å²) in [5.41, 5.74) is 5.90. The molecule has 3 amide bonds. The minimum absolute atomic E-state index is 0.125. The fraction of sp³-hybridized carbons (Fsp3) is 0.769. The Balaban J connectivity index is 1.85. The molecule has 2 heterocycles. The zero-order valence-electron chi connectivity index (χ0n) is 12.5. The highest BCUT2D eigenvalue weighted by Crippen LogP contribution is 2.30. The third kappa shape index (κ3) is 4.59. The molecule has 22 heavy (non-hydrogen) atoms. The third-order valence-electron chi connectivity index (χ3n) is 3.60. The predicted octanol–water partition coefficient (Wildman–Crippen LogP) is -0.289. The molecule has 2 saturated heterocycles. The van der Waals surface area contributed by atoms with Gasteiger partial charge in [-0.05, 0) is 31.9 Å². The summed E-state index contributed by atoms with van der Waals surface area (Å²) in [4.78, 5) is 35.6. The average molecular weight is 330 g/mol. The van der Waals surface area contributed by atoms with Gasteiger partial charge in [0, 0.05) is 6.54 Å². The zero-order valence-corrected chi connectivity index (χ0v) is 13.3. The molecular weight excluding hydrogens is 308 g/mol. The number of hydrogen-bond donors (Lipinski definition) is 4. The summed E-state index contributed by atoms with van der Waals surface area (Å²) in [5, 5.41) is 4.79. The van der Waals surface area contributed by atoms with E-state index < -0.39 is 17.9 Å². The second-order valence-corrected chi connectivity index (χ2v) is 6.42. The van der Waals surface area contributed by atoms with Gasteiger partial charge < -0.3 is 10.1 Å². The summed E-state index contributed by atoms with van der Waals surface area (Å²) in [7, 11) is 0. The van der Waals surface area contributed by atoms with Gasteiger partial charge in [-0.25, -0.2) is 10.2 Å². The van der Waals surface area contributed by atoms with Gasteiger partial charge in [0.15, 0.2) is 0 Å². The van der Waals surface area contributed by atoms with Gasteiger partial charge in [-0.3, -0.25) is 20.3 Å². The van der Waals surface area contributed by atoms with E-state index in [2.05, 4.69) is 21.5 Å². The monoisotopic (exact) mass is 330 g/mol. The van der Waals surface area contributed by atoms with Crippen LogP contribution in [0.3, 0.4) is 0 Å². The van der Waals surface area contributed by atoms with E-state index in [-0.39, 0.29) is 23.9 Å². The number of alkyl carbamates (subject to hydrolysis) is 1. The van der Waals surface area contributed by atoms with Crippen LogP contribution < -0.4 is 21.5 Å². The molecule has 9 heteroatoms. The van der Waals surface area contributed by atoms with E-state index in [9.17, 15) is 14.4 Å². The van der Waals surface area contributed by atoms with Gasteiger partial charge in [-0.2, -0.15) is 0 Å². The van der Waals surface area contributed by atoms with Crippen LogP contribution in [0.2, 0.25) is 0 Å². The number of ether oxygens (including phenoxy) is 1. The number of amides is 3. The third-order valence-corrected chi connectivity index (χ3v) is 4.88. The van der Waals surface area contributed by atoms with Crippen LogP contribution in [-0.2, 0) is 14.3 Å². The van der Waals surface area contributed by atoms with Gasteiger partial charge in [0.25, 0.3) is 0 Å². The molecule has 2 fully saturated rings. The molecule has 3 unspecified atom stereocenters. The molecule has 4 N–H and O–H groups in total. The fourth-order valence-electron chi connectivity index (χ4n) is 2.46. The number of imide groups is 1. The highest BCUT2D eigenvalue weighted by Gasteiger charge is 2.36. The number of rotatable bonds is 4. The minimum Gasteiger partial charge on any atom is -0.450 e. The number of thioether (sulfide) groups is 1. The number of carbonyl (C=O) groups is 3. The second kappa shape index (κ2) is 8.35. The van der Waals surface area contributed by atoms with Crippen LogP contribution in [-0.4, -0.2) is 48.2 Å². The topological polar surface area (TPSA) is 109 Å². The Morgan fingerprint density at radius 3 is 2.77 bits per heavy atom. The summed E-state index contributed by atoms with van der Waals surface area (Å²) in [6.07, 6.45) is 1.57. The zero-order chi connectivity index (χ0) is 15.9. The first-order valence-electron chi connectivity index (χ1n) is 7.49. The van der Waals surface area contributed by atoms with Crippen LogP contribution in [0.1, 0.15) is 26.2 Å². The fourth-order valence-corrected chi connectivity index (χ4v) is 3.80. The summed E-state index contributed by atoms with van der Waals surface area (Å²) >= 11 is 1.52. The van der Waals surface area contributed by atoms with Gasteiger partial charge >= 0.3 is 6.09 Å². The smallest absolute Gasteiger partial charge is 0.413 e. The highest BCUT2D eigenvalue weighted by atomic mass is 32.2. The van der Waals surface area contributed by atoms with E-state index >= 15 is 0 Å². The molecule has 8 nitrogen and oxygen atoms in total. The Hall–Kier alpha value is -1.32. The Kier molecular flexibility index (Phi) is 6.47. The maximum absolute atomic E-state index is 12.2. The van der Waals surface area contributed by atoms with Crippen molar-refractivity contribution in [2.24, 2.45) is 5.92 Å². The lowest BCUT2D eigenvalue weighted by molar-refractivity contribution is -0.126. The highest BCUT2D eigenvalue weighted by molar-refractivity contribution is 8.00. The van der Waals surface area contributed by atoms with E-state index in [0.717, 1.165) is 25.1 Å². The van der Waals surface area contributed by atoms with Crippen LogP contribution >= 0.6 is 11.8 Å². The Morgan fingerprint density at radius 1 is 1.27 bits per heavy atom. The first kappa shape index (κ1) is 17.0. The Bertz CT molecular complexity index is 428. The van der Waals surface area contributed by atoms with Gasteiger partial charge in [0.2, 0.25) is 11.8 Å². The number of nitrogens with one attached hydrogen (secondary N) is 4. The SMILES string of the molecule is CCOC(=O)NC(=O)C1CCSC1NC(=O)C1CCCNN1. The van der Waals surface area contributed by atoms with Crippen LogP contribution in [0, 0.1) is 5.92 Å². The molecule has 2 aliphatic rings. The molecular formula is C13H22N4O4S. The quantitative estimate of drug-likeness (QED) is 0.561. The molecule has 2 rings (SSSR count). The van der Waals surface area contributed by atoms with Crippen LogP contribution in [0.5, 0.6) is 0 Å². The standard InChI is InChI=1S/C13H22N4O4S/c1-2-21-13(20)16-10(18)8-5-7-22-12(8)15-11(19)9-4-3-6-14-17-9/h8-9,12,14,17H,2-7H2,1H3,(H,15,19)(H,16,18,20). The number of hydrazine groups is 1. The molecule has 0 aliphatic carbocycles. The Labute approximate surface area is 133 Å². The van der Waals surface area contributed by atoms with Crippen molar-refractivity contribution in [1.29, 1.82) is 0 Å². The van der Waals surface area contributed by atoms with Crippen molar-refractivity contribution in [3.05, 3.63) is 0 Å². The van der Waals surface area contributed by atoms with Crippen molar-refractivity contribution in [2.75, 3.05) is 18.9 Å². The molecule has 3 atom stereocenters. The van der Waals surface area contributed by atoms with E-state index in [1.54, 1.807) is 6.92 Å².